The molecule has 4 nitrogen and oxygen atoms in total. The summed E-state index contributed by atoms with van der Waals surface area (Å²) in [6, 6.07) is 4.19. The molecule has 1 aromatic carbocycles. The van der Waals surface area contributed by atoms with E-state index in [1.165, 1.54) is 12.1 Å². The number of rotatable bonds is 5. The van der Waals surface area contributed by atoms with Gasteiger partial charge in [-0.05, 0) is 13.8 Å². The maximum Gasteiger partial charge on any atom is 0.305 e. The molecule has 0 saturated heterocycles. The monoisotopic (exact) mass is 238 g/mol. The van der Waals surface area contributed by atoms with Crippen LogP contribution in [0.2, 0.25) is 0 Å². The van der Waals surface area contributed by atoms with Crippen LogP contribution in [-0.4, -0.2) is 11.5 Å². The molecule has 17 heavy (non-hydrogen) atoms. The molecule has 1 aromatic rings. The van der Waals surface area contributed by atoms with Crippen LogP contribution < -0.4 is 5.32 Å². The van der Waals surface area contributed by atoms with E-state index in [2.05, 4.69) is 5.32 Å². The molecule has 0 unspecified atom stereocenters. The van der Waals surface area contributed by atoms with Gasteiger partial charge < -0.3 is 5.32 Å². The van der Waals surface area contributed by atoms with Gasteiger partial charge in [-0.1, -0.05) is 23.8 Å². The molecule has 1 rings (SSSR count). The van der Waals surface area contributed by atoms with Crippen molar-refractivity contribution >= 4 is 5.69 Å². The van der Waals surface area contributed by atoms with Crippen molar-refractivity contribution in [1.29, 1.82) is 0 Å². The van der Waals surface area contributed by atoms with Gasteiger partial charge in [0.2, 0.25) is 5.82 Å². The Bertz CT molecular complexity index is 440. The van der Waals surface area contributed by atoms with E-state index in [0.717, 1.165) is 11.6 Å². The molecule has 0 bridgehead atoms. The quantitative estimate of drug-likeness (QED) is 0.371. The van der Waals surface area contributed by atoms with E-state index in [9.17, 15) is 14.5 Å². The second kappa shape index (κ2) is 6.10. The Balaban J connectivity index is 2.69. The summed E-state index contributed by atoms with van der Waals surface area (Å²) < 4.78 is 13.6. The molecule has 0 spiro atoms. The van der Waals surface area contributed by atoms with Crippen molar-refractivity contribution in [3.63, 3.8) is 0 Å². The fraction of sp³-hybridized carbons (Fsp3) is 0.333. The zero-order valence-corrected chi connectivity index (χ0v) is 9.87. The first-order valence-corrected chi connectivity index (χ1v) is 5.28. The molecule has 0 fully saturated rings. The average molecular weight is 238 g/mol. The van der Waals surface area contributed by atoms with Gasteiger partial charge in [0.15, 0.2) is 0 Å². The van der Waals surface area contributed by atoms with Gasteiger partial charge in [-0.3, -0.25) is 10.1 Å². The first-order chi connectivity index (χ1) is 8.02. The van der Waals surface area contributed by atoms with Crippen LogP contribution in [-0.2, 0) is 6.54 Å². The van der Waals surface area contributed by atoms with E-state index < -0.39 is 16.4 Å². The molecule has 92 valence electrons. The Morgan fingerprint density at radius 2 is 2.24 bits per heavy atom. The molecule has 0 aliphatic heterocycles. The van der Waals surface area contributed by atoms with Gasteiger partial charge in [-0.2, -0.15) is 4.39 Å². The minimum Gasteiger partial charge on any atom is -0.309 e. The van der Waals surface area contributed by atoms with E-state index >= 15 is 0 Å². The highest BCUT2D eigenvalue weighted by Crippen LogP contribution is 2.19. The summed E-state index contributed by atoms with van der Waals surface area (Å²) in [5, 5.41) is 13.5. The minimum absolute atomic E-state index is 0.275. The minimum atomic E-state index is -0.762. The predicted octanol–water partition coefficient (Wildman–Crippen LogP) is 2.79. The second-order valence-electron chi connectivity index (χ2n) is 3.92. The highest BCUT2D eigenvalue weighted by atomic mass is 19.1. The number of allylic oxidation sites excluding steroid dienone is 1. The number of nitro groups is 1. The van der Waals surface area contributed by atoms with E-state index in [4.69, 9.17) is 0 Å². The van der Waals surface area contributed by atoms with Crippen molar-refractivity contribution in [2.24, 2.45) is 0 Å². The topological polar surface area (TPSA) is 55.2 Å². The fourth-order valence-corrected chi connectivity index (χ4v) is 1.33. The Labute approximate surface area is 99.3 Å². The van der Waals surface area contributed by atoms with Crippen molar-refractivity contribution in [3.05, 3.63) is 51.3 Å². The summed E-state index contributed by atoms with van der Waals surface area (Å²) >= 11 is 0. The average Bonchev–Trinajstić information content (AvgIpc) is 2.25. The molecule has 0 saturated carbocycles. The largest absolute Gasteiger partial charge is 0.309 e. The Morgan fingerprint density at radius 1 is 1.53 bits per heavy atom. The number of nitrogens with one attached hydrogen (secondary N) is 1. The third kappa shape index (κ3) is 3.96. The van der Waals surface area contributed by atoms with Crippen molar-refractivity contribution < 1.29 is 9.31 Å². The first kappa shape index (κ1) is 13.3. The van der Waals surface area contributed by atoms with Crippen LogP contribution >= 0.6 is 0 Å². The molecular weight excluding hydrogens is 223 g/mol. The molecule has 0 aliphatic carbocycles. The molecule has 1 N–H and O–H groups in total. The second-order valence-corrected chi connectivity index (χ2v) is 3.92. The van der Waals surface area contributed by atoms with Crippen LogP contribution in [0.5, 0.6) is 0 Å². The number of nitro benzene ring substituents is 1. The van der Waals surface area contributed by atoms with Gasteiger partial charge in [0.25, 0.3) is 0 Å². The van der Waals surface area contributed by atoms with E-state index in [-0.39, 0.29) is 6.54 Å². The van der Waals surface area contributed by atoms with Gasteiger partial charge >= 0.3 is 5.69 Å². The lowest BCUT2D eigenvalue weighted by Crippen LogP contribution is -2.14. The maximum absolute atomic E-state index is 13.6. The molecule has 0 aromatic heterocycles. The molecule has 0 heterocycles. The van der Waals surface area contributed by atoms with Crippen molar-refractivity contribution in [3.8, 4) is 0 Å². The van der Waals surface area contributed by atoms with Gasteiger partial charge in [0, 0.05) is 24.7 Å². The van der Waals surface area contributed by atoms with Crippen molar-refractivity contribution in [2.75, 3.05) is 6.54 Å². The number of hydrogen-bond acceptors (Lipinski definition) is 3. The molecule has 0 aliphatic rings. The number of benzene rings is 1. The van der Waals surface area contributed by atoms with Crippen molar-refractivity contribution in [1.82, 2.24) is 5.32 Å². The SMILES string of the molecule is CC(C)=CCNCc1cccc([N+](=O)[O-])c1F. The lowest BCUT2D eigenvalue weighted by molar-refractivity contribution is -0.387. The lowest BCUT2D eigenvalue weighted by atomic mass is 10.2. The Morgan fingerprint density at radius 3 is 2.82 bits per heavy atom. The molecule has 0 amide bonds. The number of nitrogens with zero attached hydrogens (tertiary/aromatic N) is 1. The van der Waals surface area contributed by atoms with E-state index in [1.54, 1.807) is 0 Å². The van der Waals surface area contributed by atoms with Crippen LogP contribution in [0.4, 0.5) is 10.1 Å². The summed E-state index contributed by atoms with van der Waals surface area (Å²) in [7, 11) is 0. The smallest absolute Gasteiger partial charge is 0.305 e. The fourth-order valence-electron chi connectivity index (χ4n) is 1.33. The Hall–Kier alpha value is -1.75. The third-order valence-electron chi connectivity index (χ3n) is 2.23. The molecule has 5 heteroatoms. The number of halogens is 1. The van der Waals surface area contributed by atoms with Gasteiger partial charge in [-0.25, -0.2) is 0 Å². The summed E-state index contributed by atoms with van der Waals surface area (Å²) in [6.45, 7) is 4.83. The van der Waals surface area contributed by atoms with Crippen LogP contribution in [0.15, 0.2) is 29.8 Å². The van der Waals surface area contributed by atoms with Gasteiger partial charge in [0.05, 0.1) is 4.92 Å². The molecule has 0 atom stereocenters. The summed E-state index contributed by atoms with van der Waals surface area (Å²) in [4.78, 5) is 9.82. The lowest BCUT2D eigenvalue weighted by Gasteiger charge is -2.04. The third-order valence-corrected chi connectivity index (χ3v) is 2.23. The Kier molecular flexibility index (Phi) is 4.78. The standard InChI is InChI=1S/C12H15FN2O2/c1-9(2)6-7-14-8-10-4-3-5-11(12(10)13)15(16)17/h3-6,14H,7-8H2,1-2H3. The number of hydrogen-bond donors (Lipinski definition) is 1. The highest BCUT2D eigenvalue weighted by Gasteiger charge is 2.16. The molecular formula is C12H15FN2O2. The summed E-state index contributed by atoms with van der Waals surface area (Å²) in [5.41, 5.74) is 0.991. The van der Waals surface area contributed by atoms with E-state index in [0.29, 0.717) is 12.1 Å². The molecule has 0 radical (unpaired) electrons. The van der Waals surface area contributed by atoms with Crippen molar-refractivity contribution in [2.45, 2.75) is 20.4 Å². The maximum atomic E-state index is 13.6. The van der Waals surface area contributed by atoms with Gasteiger partial charge in [0.1, 0.15) is 0 Å². The van der Waals surface area contributed by atoms with Crippen LogP contribution in [0.25, 0.3) is 0 Å². The summed E-state index contributed by atoms with van der Waals surface area (Å²) in [6.07, 6.45) is 1.97. The van der Waals surface area contributed by atoms with Crippen LogP contribution in [0, 0.1) is 15.9 Å². The van der Waals surface area contributed by atoms with Gasteiger partial charge in [-0.15, -0.1) is 0 Å². The van der Waals surface area contributed by atoms with E-state index in [1.807, 2.05) is 19.9 Å². The highest BCUT2D eigenvalue weighted by molar-refractivity contribution is 5.36. The van der Waals surface area contributed by atoms with Crippen LogP contribution in [0.1, 0.15) is 19.4 Å². The normalized spacial score (nSPS) is 10.1. The first-order valence-electron chi connectivity index (χ1n) is 5.28. The predicted molar refractivity (Wildman–Crippen MR) is 64.2 cm³/mol. The zero-order chi connectivity index (χ0) is 12.8. The van der Waals surface area contributed by atoms with Crippen LogP contribution in [0.3, 0.4) is 0 Å². The zero-order valence-electron chi connectivity index (χ0n) is 9.87. The summed E-state index contributed by atoms with van der Waals surface area (Å²) in [5.74, 6) is -0.762.